The van der Waals surface area contributed by atoms with Crippen molar-refractivity contribution in [2.45, 2.75) is 39.2 Å². The molecule has 1 aliphatic heterocycles. The fraction of sp³-hybridized carbons (Fsp3) is 0.733. The summed E-state index contributed by atoms with van der Waals surface area (Å²) < 4.78 is 10.8. The zero-order valence-corrected chi connectivity index (χ0v) is 11.5. The van der Waals surface area contributed by atoms with Crippen LogP contribution >= 0.6 is 0 Å². The van der Waals surface area contributed by atoms with Crippen molar-refractivity contribution in [2.24, 2.45) is 23.2 Å². The van der Waals surface area contributed by atoms with Gasteiger partial charge in [-0.15, -0.1) is 0 Å². The maximum atomic E-state index is 12.0. The minimum atomic E-state index is -0.340. The lowest BCUT2D eigenvalue weighted by atomic mass is 9.68. The van der Waals surface area contributed by atoms with Crippen LogP contribution in [0.2, 0.25) is 0 Å². The van der Waals surface area contributed by atoms with Gasteiger partial charge in [0.05, 0.1) is 12.5 Å². The van der Waals surface area contributed by atoms with Crippen molar-refractivity contribution in [1.29, 1.82) is 0 Å². The SMILES string of the molecule is C=C(C)C(=O)OC1CC2CC1(CC)C1C(=O)OCC21. The normalized spacial score (nSPS) is 42.9. The van der Waals surface area contributed by atoms with Crippen LogP contribution in [0.4, 0.5) is 0 Å². The third-order valence-corrected chi connectivity index (χ3v) is 5.38. The molecule has 4 nitrogen and oxygen atoms in total. The maximum Gasteiger partial charge on any atom is 0.333 e. The van der Waals surface area contributed by atoms with E-state index < -0.39 is 0 Å². The fourth-order valence-electron chi connectivity index (χ4n) is 4.46. The lowest BCUT2D eigenvalue weighted by Gasteiger charge is -2.38. The molecule has 2 bridgehead atoms. The molecule has 3 aliphatic rings. The summed E-state index contributed by atoms with van der Waals surface area (Å²) >= 11 is 0. The molecule has 0 N–H and O–H groups in total. The number of esters is 2. The minimum absolute atomic E-state index is 0.0702. The molecule has 0 aromatic rings. The van der Waals surface area contributed by atoms with Gasteiger partial charge in [0.1, 0.15) is 6.10 Å². The molecular weight excluding hydrogens is 244 g/mol. The number of ether oxygens (including phenoxy) is 2. The Hall–Kier alpha value is -1.32. The van der Waals surface area contributed by atoms with Crippen LogP contribution < -0.4 is 0 Å². The van der Waals surface area contributed by atoms with E-state index in [1.54, 1.807) is 6.92 Å². The molecule has 0 aromatic heterocycles. The van der Waals surface area contributed by atoms with Crippen molar-refractivity contribution in [3.63, 3.8) is 0 Å². The lowest BCUT2D eigenvalue weighted by Crippen LogP contribution is -2.44. The molecule has 19 heavy (non-hydrogen) atoms. The highest BCUT2D eigenvalue weighted by atomic mass is 16.6. The van der Waals surface area contributed by atoms with Gasteiger partial charge in [0, 0.05) is 16.9 Å². The Bertz CT molecular complexity index is 455. The summed E-state index contributed by atoms with van der Waals surface area (Å²) in [6.45, 7) is 7.91. The smallest absolute Gasteiger partial charge is 0.333 e. The summed E-state index contributed by atoms with van der Waals surface area (Å²) in [4.78, 5) is 23.8. The molecule has 0 radical (unpaired) electrons. The van der Waals surface area contributed by atoms with E-state index in [0.717, 1.165) is 19.3 Å². The largest absolute Gasteiger partial charge is 0.465 e. The Morgan fingerprint density at radius 3 is 2.95 bits per heavy atom. The van der Waals surface area contributed by atoms with Gasteiger partial charge in [0.2, 0.25) is 0 Å². The van der Waals surface area contributed by atoms with Crippen molar-refractivity contribution < 1.29 is 19.1 Å². The van der Waals surface area contributed by atoms with Gasteiger partial charge in [-0.2, -0.15) is 0 Å². The summed E-state index contributed by atoms with van der Waals surface area (Å²) in [5.74, 6) is 0.296. The average Bonchev–Trinajstić information content (AvgIpc) is 3.00. The first-order valence-electron chi connectivity index (χ1n) is 7.02. The topological polar surface area (TPSA) is 52.6 Å². The first-order chi connectivity index (χ1) is 8.99. The molecule has 1 heterocycles. The minimum Gasteiger partial charge on any atom is -0.465 e. The number of carbonyl (C=O) groups excluding carboxylic acids is 2. The van der Waals surface area contributed by atoms with E-state index in [9.17, 15) is 9.59 Å². The van der Waals surface area contributed by atoms with Crippen LogP contribution in [-0.4, -0.2) is 24.6 Å². The van der Waals surface area contributed by atoms with Crippen LogP contribution in [0.5, 0.6) is 0 Å². The highest BCUT2D eigenvalue weighted by Gasteiger charge is 2.68. The van der Waals surface area contributed by atoms with Crippen LogP contribution in [0.1, 0.15) is 33.1 Å². The Labute approximate surface area is 113 Å². The summed E-state index contributed by atoms with van der Waals surface area (Å²) in [5.41, 5.74) is 0.216. The molecule has 1 saturated heterocycles. The van der Waals surface area contributed by atoms with Crippen molar-refractivity contribution in [2.75, 3.05) is 6.61 Å². The van der Waals surface area contributed by atoms with Gasteiger partial charge in [-0.05, 0) is 32.1 Å². The third kappa shape index (κ3) is 1.58. The summed E-state index contributed by atoms with van der Waals surface area (Å²) in [6, 6.07) is 0. The van der Waals surface area contributed by atoms with Crippen molar-refractivity contribution in [3.8, 4) is 0 Å². The monoisotopic (exact) mass is 264 g/mol. The summed E-state index contributed by atoms with van der Waals surface area (Å²) in [6.07, 6.45) is 2.55. The molecule has 0 aromatic carbocycles. The van der Waals surface area contributed by atoms with Gasteiger partial charge in [-0.3, -0.25) is 4.79 Å². The van der Waals surface area contributed by atoms with Crippen LogP contribution in [0.3, 0.4) is 0 Å². The molecule has 0 spiro atoms. The predicted molar refractivity (Wildman–Crippen MR) is 68.1 cm³/mol. The second kappa shape index (κ2) is 4.09. The molecule has 104 valence electrons. The van der Waals surface area contributed by atoms with Crippen LogP contribution in [0, 0.1) is 23.2 Å². The Balaban J connectivity index is 1.87. The van der Waals surface area contributed by atoms with Crippen molar-refractivity contribution >= 4 is 11.9 Å². The van der Waals surface area contributed by atoms with Gasteiger partial charge < -0.3 is 9.47 Å². The van der Waals surface area contributed by atoms with E-state index >= 15 is 0 Å². The van der Waals surface area contributed by atoms with Crippen LogP contribution in [0.15, 0.2) is 12.2 Å². The van der Waals surface area contributed by atoms with Gasteiger partial charge in [-0.25, -0.2) is 4.79 Å². The van der Waals surface area contributed by atoms with Crippen molar-refractivity contribution in [1.82, 2.24) is 0 Å². The molecule has 2 saturated carbocycles. The van der Waals surface area contributed by atoms with E-state index in [4.69, 9.17) is 9.47 Å². The molecule has 3 rings (SSSR count). The third-order valence-electron chi connectivity index (χ3n) is 5.38. The van der Waals surface area contributed by atoms with Gasteiger partial charge in [0.15, 0.2) is 0 Å². The highest BCUT2D eigenvalue weighted by molar-refractivity contribution is 5.87. The molecule has 3 fully saturated rings. The molecule has 2 aliphatic carbocycles. The van der Waals surface area contributed by atoms with E-state index in [2.05, 4.69) is 13.5 Å². The number of rotatable bonds is 3. The van der Waals surface area contributed by atoms with E-state index in [-0.39, 0.29) is 29.4 Å². The second-order valence-electron chi connectivity index (χ2n) is 6.23. The molecule has 0 amide bonds. The summed E-state index contributed by atoms with van der Waals surface area (Å²) in [5, 5.41) is 0. The Morgan fingerprint density at radius 1 is 1.58 bits per heavy atom. The van der Waals surface area contributed by atoms with Gasteiger partial charge in [-0.1, -0.05) is 13.5 Å². The van der Waals surface area contributed by atoms with Gasteiger partial charge in [0.25, 0.3) is 0 Å². The highest BCUT2D eigenvalue weighted by Crippen LogP contribution is 2.65. The number of carbonyl (C=O) groups is 2. The van der Waals surface area contributed by atoms with Crippen molar-refractivity contribution in [3.05, 3.63) is 12.2 Å². The van der Waals surface area contributed by atoms with Gasteiger partial charge >= 0.3 is 11.9 Å². The molecule has 4 heteroatoms. The Kier molecular flexibility index (Phi) is 2.73. The molecular formula is C15H20O4. The van der Waals surface area contributed by atoms with E-state index in [1.165, 1.54) is 0 Å². The molecule has 5 atom stereocenters. The maximum absolute atomic E-state index is 12.0. The number of cyclic esters (lactones) is 1. The van der Waals surface area contributed by atoms with E-state index in [0.29, 0.717) is 24.0 Å². The average molecular weight is 264 g/mol. The second-order valence-corrected chi connectivity index (χ2v) is 6.23. The van der Waals surface area contributed by atoms with Crippen LogP contribution in [-0.2, 0) is 19.1 Å². The first-order valence-corrected chi connectivity index (χ1v) is 7.02. The van der Waals surface area contributed by atoms with Crippen LogP contribution in [0.25, 0.3) is 0 Å². The first kappa shape index (κ1) is 12.7. The standard InChI is InChI=1S/C15H20O4/c1-4-15-6-9(10-7-18-14(17)12(10)15)5-11(15)19-13(16)8(2)3/h9-12H,2,4-7H2,1,3H3. The fourth-order valence-corrected chi connectivity index (χ4v) is 4.46. The zero-order chi connectivity index (χ0) is 13.8. The predicted octanol–water partition coefficient (Wildman–Crippen LogP) is 2.08. The lowest BCUT2D eigenvalue weighted by molar-refractivity contribution is -0.160. The number of hydrogen-bond acceptors (Lipinski definition) is 4. The molecule has 5 unspecified atom stereocenters. The number of fused-ring (bicyclic) bond motifs is 5. The number of hydrogen-bond donors (Lipinski definition) is 0. The quantitative estimate of drug-likeness (QED) is 0.578. The zero-order valence-electron chi connectivity index (χ0n) is 11.5. The van der Waals surface area contributed by atoms with E-state index in [1.807, 2.05) is 0 Å². The summed E-state index contributed by atoms with van der Waals surface area (Å²) in [7, 11) is 0. The Morgan fingerprint density at radius 2 is 2.32 bits per heavy atom.